The molecule has 0 atom stereocenters. The predicted octanol–water partition coefficient (Wildman–Crippen LogP) is 4.46. The van der Waals surface area contributed by atoms with Crippen molar-refractivity contribution < 1.29 is 14.9 Å². The van der Waals surface area contributed by atoms with Crippen LogP contribution in [0.3, 0.4) is 0 Å². The second kappa shape index (κ2) is 10.5. The zero-order valence-electron chi connectivity index (χ0n) is 19.2. The minimum Gasteiger partial charge on any atom is -0.493 e. The molecule has 0 saturated heterocycles. The summed E-state index contributed by atoms with van der Waals surface area (Å²) < 4.78 is 6.76. The first-order valence-corrected chi connectivity index (χ1v) is 12.9. The van der Waals surface area contributed by atoms with Crippen molar-refractivity contribution in [3.8, 4) is 11.8 Å². The first kappa shape index (κ1) is 24.3. The molecular weight excluding hydrogens is 436 g/mol. The van der Waals surface area contributed by atoms with Crippen molar-refractivity contribution in [1.82, 2.24) is 9.97 Å². The van der Waals surface area contributed by atoms with E-state index in [1.807, 2.05) is 43.3 Å². The molecule has 0 aliphatic rings. The van der Waals surface area contributed by atoms with Gasteiger partial charge in [0.25, 0.3) is 0 Å². The van der Waals surface area contributed by atoms with Gasteiger partial charge in [-0.1, -0.05) is 93.2 Å². The van der Waals surface area contributed by atoms with Crippen LogP contribution in [0.5, 0.6) is 11.8 Å². The second-order valence-electron chi connectivity index (χ2n) is 8.68. The largest absolute Gasteiger partial charge is 0.493 e. The number of benzene rings is 2. The van der Waals surface area contributed by atoms with Crippen molar-refractivity contribution >= 4 is 22.0 Å². The number of hydrogen-bond donors (Lipinski definition) is 2. The maximum atomic E-state index is 10.3. The molecule has 3 rings (SSSR count). The lowest BCUT2D eigenvalue weighted by atomic mass is 9.76. The minimum absolute atomic E-state index is 0.0951. The molecule has 0 spiro atoms. The van der Waals surface area contributed by atoms with E-state index in [4.69, 9.17) is 4.74 Å². The monoisotopic (exact) mass is 468 g/mol. The van der Waals surface area contributed by atoms with Crippen molar-refractivity contribution in [2.45, 2.75) is 49.4 Å². The zero-order valence-corrected chi connectivity index (χ0v) is 22.0. The van der Waals surface area contributed by atoms with Crippen molar-refractivity contribution in [3.63, 3.8) is 0 Å². The standard InChI is InChI=1S/C25H32N2O3SSi/c1-4-31-23-26-21(28)20(22(29)27-23)16-11-17-30-25(24(2,3)32,18-12-7-5-8-13-18)19-14-9-6-10-15-19/h5-10,12-15H,4,11,16-17H2,1-3,32H3,(H2,26,27,28,29). The van der Waals surface area contributed by atoms with Crippen LogP contribution >= 0.6 is 11.8 Å². The fraction of sp³-hybridized carbons (Fsp3) is 0.360. The summed E-state index contributed by atoms with van der Waals surface area (Å²) in [5.74, 6) is 0.451. The smallest absolute Gasteiger partial charge is 0.222 e. The summed E-state index contributed by atoms with van der Waals surface area (Å²) in [7, 11) is 0.918. The predicted molar refractivity (Wildman–Crippen MR) is 134 cm³/mol. The Labute approximate surface area is 197 Å². The Morgan fingerprint density at radius 2 is 1.41 bits per heavy atom. The van der Waals surface area contributed by atoms with Gasteiger partial charge in [-0.3, -0.25) is 0 Å². The van der Waals surface area contributed by atoms with E-state index in [1.165, 1.54) is 11.8 Å². The third kappa shape index (κ3) is 5.17. The first-order chi connectivity index (χ1) is 15.3. The van der Waals surface area contributed by atoms with Gasteiger partial charge >= 0.3 is 0 Å². The van der Waals surface area contributed by atoms with E-state index < -0.39 is 5.60 Å². The quantitative estimate of drug-likeness (QED) is 0.198. The SMILES string of the molecule is CCSc1nc(O)c(CCCOC(c2ccccc2)(c2ccccc2)C(C)(C)[SiH3])c(O)n1. The Kier molecular flexibility index (Phi) is 7.98. The molecule has 0 aliphatic heterocycles. The summed E-state index contributed by atoms with van der Waals surface area (Å²) in [6.45, 7) is 6.92. The summed E-state index contributed by atoms with van der Waals surface area (Å²) in [5.41, 5.74) is 2.02. The van der Waals surface area contributed by atoms with Gasteiger partial charge in [-0.2, -0.15) is 9.97 Å². The molecule has 170 valence electrons. The fourth-order valence-electron chi connectivity index (χ4n) is 4.09. The molecule has 2 N–H and O–H groups in total. The third-order valence-corrected chi connectivity index (χ3v) is 6.96. The van der Waals surface area contributed by atoms with Crippen molar-refractivity contribution in [1.29, 1.82) is 0 Å². The Morgan fingerprint density at radius 1 is 0.906 bits per heavy atom. The van der Waals surface area contributed by atoms with Gasteiger partial charge in [0.15, 0.2) is 5.16 Å². The van der Waals surface area contributed by atoms with Crippen LogP contribution in [0, 0.1) is 0 Å². The van der Waals surface area contributed by atoms with Gasteiger partial charge in [-0.15, -0.1) is 0 Å². The summed E-state index contributed by atoms with van der Waals surface area (Å²) >= 11 is 1.38. The molecule has 3 aromatic rings. The van der Waals surface area contributed by atoms with Crippen LogP contribution in [-0.4, -0.2) is 42.8 Å². The van der Waals surface area contributed by atoms with E-state index in [0.29, 0.717) is 30.2 Å². The van der Waals surface area contributed by atoms with Crippen LogP contribution in [0.15, 0.2) is 65.8 Å². The maximum absolute atomic E-state index is 10.3. The number of thioether (sulfide) groups is 1. The lowest BCUT2D eigenvalue weighted by molar-refractivity contribution is -0.0462. The van der Waals surface area contributed by atoms with Gasteiger partial charge in [-0.05, 0) is 34.8 Å². The summed E-state index contributed by atoms with van der Waals surface area (Å²) in [5, 5.41) is 20.9. The second-order valence-corrected chi connectivity index (χ2v) is 12.4. The van der Waals surface area contributed by atoms with Gasteiger partial charge < -0.3 is 14.9 Å². The highest BCUT2D eigenvalue weighted by Crippen LogP contribution is 2.51. The molecule has 1 heterocycles. The van der Waals surface area contributed by atoms with E-state index >= 15 is 0 Å². The van der Waals surface area contributed by atoms with Crippen molar-refractivity contribution in [3.05, 3.63) is 77.4 Å². The highest BCUT2D eigenvalue weighted by atomic mass is 32.2. The van der Waals surface area contributed by atoms with E-state index in [-0.39, 0.29) is 16.8 Å². The molecule has 1 aromatic heterocycles. The maximum Gasteiger partial charge on any atom is 0.222 e. The minimum atomic E-state index is -0.593. The van der Waals surface area contributed by atoms with Gasteiger partial charge in [0, 0.05) is 16.8 Å². The van der Waals surface area contributed by atoms with E-state index in [9.17, 15) is 10.2 Å². The van der Waals surface area contributed by atoms with Crippen LogP contribution in [0.4, 0.5) is 0 Å². The van der Waals surface area contributed by atoms with Crippen LogP contribution in [0.1, 0.15) is 43.9 Å². The van der Waals surface area contributed by atoms with Gasteiger partial charge in [0.1, 0.15) is 5.60 Å². The molecule has 0 unspecified atom stereocenters. The average Bonchev–Trinajstić information content (AvgIpc) is 2.76. The molecule has 2 aromatic carbocycles. The number of hydrogen-bond acceptors (Lipinski definition) is 6. The van der Waals surface area contributed by atoms with Crippen LogP contribution in [0.25, 0.3) is 0 Å². The van der Waals surface area contributed by atoms with E-state index in [1.54, 1.807) is 0 Å². The fourth-order valence-corrected chi connectivity index (χ4v) is 5.38. The molecule has 7 heteroatoms. The van der Waals surface area contributed by atoms with Gasteiger partial charge in [0.2, 0.25) is 11.8 Å². The molecule has 0 radical (unpaired) electrons. The summed E-state index contributed by atoms with van der Waals surface area (Å²) in [4.78, 5) is 8.20. The Bertz CT molecular complexity index is 948. The lowest BCUT2D eigenvalue weighted by Crippen LogP contribution is -2.42. The van der Waals surface area contributed by atoms with Gasteiger partial charge in [0.05, 0.1) is 5.56 Å². The van der Waals surface area contributed by atoms with E-state index in [2.05, 4.69) is 48.1 Å². The highest BCUT2D eigenvalue weighted by Gasteiger charge is 2.46. The molecule has 0 aliphatic carbocycles. The van der Waals surface area contributed by atoms with Crippen molar-refractivity contribution in [2.75, 3.05) is 12.4 Å². The number of rotatable bonds is 10. The Hall–Kier alpha value is -2.35. The number of nitrogens with zero attached hydrogens (tertiary/aromatic N) is 2. The molecule has 0 fully saturated rings. The van der Waals surface area contributed by atoms with E-state index in [0.717, 1.165) is 27.1 Å². The molecule has 0 saturated carbocycles. The Balaban J connectivity index is 1.85. The number of aromatic nitrogens is 2. The average molecular weight is 469 g/mol. The molecule has 0 amide bonds. The van der Waals surface area contributed by atoms with Crippen LogP contribution < -0.4 is 0 Å². The first-order valence-electron chi connectivity index (χ1n) is 11.0. The highest BCUT2D eigenvalue weighted by molar-refractivity contribution is 7.99. The third-order valence-electron chi connectivity index (χ3n) is 5.52. The topological polar surface area (TPSA) is 75.5 Å². The Morgan fingerprint density at radius 3 is 1.84 bits per heavy atom. The molecule has 5 nitrogen and oxygen atoms in total. The lowest BCUT2D eigenvalue weighted by Gasteiger charge is -2.46. The summed E-state index contributed by atoms with van der Waals surface area (Å²) in [6, 6.07) is 20.7. The zero-order chi connectivity index (χ0) is 23.2. The van der Waals surface area contributed by atoms with Crippen LogP contribution in [-0.2, 0) is 16.8 Å². The number of aromatic hydroxyl groups is 2. The summed E-state index contributed by atoms with van der Waals surface area (Å²) in [6.07, 6.45) is 1.04. The van der Waals surface area contributed by atoms with Crippen LogP contribution in [0.2, 0.25) is 5.04 Å². The molecule has 32 heavy (non-hydrogen) atoms. The normalized spacial score (nSPS) is 12.2. The molecule has 0 bridgehead atoms. The van der Waals surface area contributed by atoms with Crippen molar-refractivity contribution in [2.24, 2.45) is 0 Å². The molecular formula is C25H32N2O3SSi. The number of ether oxygens (including phenoxy) is 1. The van der Waals surface area contributed by atoms with Gasteiger partial charge in [-0.25, -0.2) is 0 Å².